The Morgan fingerprint density at radius 2 is 1.85 bits per heavy atom. The monoisotopic (exact) mass is 269 g/mol. The van der Waals surface area contributed by atoms with Crippen molar-refractivity contribution in [2.75, 3.05) is 18.5 Å². The molecular formula is C16H15NO3. The molecule has 1 heterocycles. The molecule has 0 saturated carbocycles. The summed E-state index contributed by atoms with van der Waals surface area (Å²) in [5, 5.41) is 2.87. The van der Waals surface area contributed by atoms with E-state index in [0.29, 0.717) is 23.6 Å². The third kappa shape index (κ3) is 3.16. The number of carbonyl (C=O) groups excluding carboxylic acids is 1. The van der Waals surface area contributed by atoms with Gasteiger partial charge in [0.1, 0.15) is 18.5 Å². The van der Waals surface area contributed by atoms with Crippen LogP contribution in [0.3, 0.4) is 0 Å². The lowest BCUT2D eigenvalue weighted by Crippen LogP contribution is -2.13. The molecule has 102 valence electrons. The van der Waals surface area contributed by atoms with Crippen molar-refractivity contribution in [2.45, 2.75) is 6.10 Å². The summed E-state index contributed by atoms with van der Waals surface area (Å²) in [5.41, 5.74) is 1.29. The first-order valence-electron chi connectivity index (χ1n) is 6.53. The standard InChI is InChI=1S/C16H15NO3/c18-16(12-6-2-1-3-7-12)17-14-8-4-5-9-15(14)20-11-13-10-19-13/h1-9,13H,10-11H2,(H,17,18). The molecule has 0 aromatic heterocycles. The van der Waals surface area contributed by atoms with Gasteiger partial charge in [0.15, 0.2) is 0 Å². The SMILES string of the molecule is O=C(Nc1ccccc1OCC1CO1)c1ccccc1. The van der Waals surface area contributed by atoms with Crippen molar-refractivity contribution in [1.29, 1.82) is 0 Å². The second-order valence-corrected chi connectivity index (χ2v) is 4.58. The Bertz CT molecular complexity index is 594. The minimum absolute atomic E-state index is 0.149. The number of anilines is 1. The summed E-state index contributed by atoms with van der Waals surface area (Å²) < 4.78 is 10.8. The average molecular weight is 269 g/mol. The number of hydrogen-bond acceptors (Lipinski definition) is 3. The minimum atomic E-state index is -0.149. The summed E-state index contributed by atoms with van der Waals surface area (Å²) in [7, 11) is 0. The van der Waals surface area contributed by atoms with E-state index in [2.05, 4.69) is 5.32 Å². The Hall–Kier alpha value is -2.33. The highest BCUT2D eigenvalue weighted by Crippen LogP contribution is 2.25. The van der Waals surface area contributed by atoms with Gasteiger partial charge in [-0.2, -0.15) is 0 Å². The van der Waals surface area contributed by atoms with E-state index in [9.17, 15) is 4.79 Å². The molecule has 2 aromatic carbocycles. The molecule has 1 atom stereocenters. The molecule has 1 N–H and O–H groups in total. The Morgan fingerprint density at radius 1 is 1.15 bits per heavy atom. The van der Waals surface area contributed by atoms with Gasteiger partial charge in [0, 0.05) is 5.56 Å². The molecule has 3 rings (SSSR count). The number of amides is 1. The fourth-order valence-electron chi connectivity index (χ4n) is 1.83. The van der Waals surface area contributed by atoms with E-state index < -0.39 is 0 Å². The first-order valence-corrected chi connectivity index (χ1v) is 6.53. The Balaban J connectivity index is 1.71. The van der Waals surface area contributed by atoms with Crippen molar-refractivity contribution in [2.24, 2.45) is 0 Å². The van der Waals surface area contributed by atoms with E-state index in [-0.39, 0.29) is 12.0 Å². The van der Waals surface area contributed by atoms with Crippen LogP contribution in [0.25, 0.3) is 0 Å². The van der Waals surface area contributed by atoms with Crippen LogP contribution in [-0.4, -0.2) is 25.2 Å². The molecule has 1 amide bonds. The minimum Gasteiger partial charge on any atom is -0.489 e. The number of epoxide rings is 1. The van der Waals surface area contributed by atoms with Crippen LogP contribution in [-0.2, 0) is 4.74 Å². The molecule has 1 saturated heterocycles. The second-order valence-electron chi connectivity index (χ2n) is 4.58. The van der Waals surface area contributed by atoms with Crippen LogP contribution in [0.15, 0.2) is 54.6 Å². The first-order chi connectivity index (χ1) is 9.83. The molecule has 0 bridgehead atoms. The summed E-state index contributed by atoms with van der Waals surface area (Å²) in [6.45, 7) is 1.26. The number of benzene rings is 2. The third-order valence-corrected chi connectivity index (χ3v) is 3.00. The van der Waals surface area contributed by atoms with Gasteiger partial charge in [0.2, 0.25) is 0 Å². The number of carbonyl (C=O) groups is 1. The molecule has 20 heavy (non-hydrogen) atoms. The molecule has 2 aromatic rings. The largest absolute Gasteiger partial charge is 0.489 e. The fraction of sp³-hybridized carbons (Fsp3) is 0.188. The van der Waals surface area contributed by atoms with Crippen molar-refractivity contribution < 1.29 is 14.3 Å². The van der Waals surface area contributed by atoms with Gasteiger partial charge in [-0.25, -0.2) is 0 Å². The number of rotatable bonds is 5. The highest BCUT2D eigenvalue weighted by atomic mass is 16.6. The molecule has 1 unspecified atom stereocenters. The summed E-state index contributed by atoms with van der Waals surface area (Å²) >= 11 is 0. The van der Waals surface area contributed by atoms with Crippen LogP contribution in [0.2, 0.25) is 0 Å². The van der Waals surface area contributed by atoms with Crippen molar-refractivity contribution in [3.8, 4) is 5.75 Å². The maximum Gasteiger partial charge on any atom is 0.255 e. The predicted molar refractivity (Wildman–Crippen MR) is 76.1 cm³/mol. The van der Waals surface area contributed by atoms with Crippen molar-refractivity contribution in [3.63, 3.8) is 0 Å². The number of hydrogen-bond donors (Lipinski definition) is 1. The zero-order chi connectivity index (χ0) is 13.8. The predicted octanol–water partition coefficient (Wildman–Crippen LogP) is 2.72. The lowest BCUT2D eigenvalue weighted by atomic mass is 10.2. The number of nitrogens with one attached hydrogen (secondary N) is 1. The summed E-state index contributed by atoms with van der Waals surface area (Å²) in [6, 6.07) is 16.5. The van der Waals surface area contributed by atoms with Gasteiger partial charge in [0.05, 0.1) is 12.3 Å². The van der Waals surface area contributed by atoms with E-state index in [1.54, 1.807) is 12.1 Å². The summed E-state index contributed by atoms with van der Waals surface area (Å²) in [4.78, 5) is 12.1. The molecular weight excluding hydrogens is 254 g/mol. The van der Waals surface area contributed by atoms with Crippen molar-refractivity contribution in [3.05, 3.63) is 60.2 Å². The van der Waals surface area contributed by atoms with Crippen LogP contribution in [0, 0.1) is 0 Å². The molecule has 4 heteroatoms. The normalized spacial score (nSPS) is 16.5. The Morgan fingerprint density at radius 3 is 2.60 bits per heavy atom. The van der Waals surface area contributed by atoms with Gasteiger partial charge < -0.3 is 14.8 Å². The molecule has 1 aliphatic heterocycles. The highest BCUT2D eigenvalue weighted by molar-refractivity contribution is 6.04. The first kappa shape index (κ1) is 12.7. The van der Waals surface area contributed by atoms with Gasteiger partial charge in [-0.05, 0) is 24.3 Å². The van der Waals surface area contributed by atoms with E-state index in [0.717, 1.165) is 6.61 Å². The number of para-hydroxylation sites is 2. The van der Waals surface area contributed by atoms with Crippen LogP contribution in [0.5, 0.6) is 5.75 Å². The molecule has 0 radical (unpaired) electrons. The zero-order valence-corrected chi connectivity index (χ0v) is 10.9. The molecule has 0 spiro atoms. The maximum absolute atomic E-state index is 12.1. The Kier molecular flexibility index (Phi) is 3.65. The van der Waals surface area contributed by atoms with E-state index in [1.165, 1.54) is 0 Å². The van der Waals surface area contributed by atoms with Crippen molar-refractivity contribution >= 4 is 11.6 Å². The molecule has 1 fully saturated rings. The average Bonchev–Trinajstić information content (AvgIpc) is 3.31. The van der Waals surface area contributed by atoms with Crippen LogP contribution >= 0.6 is 0 Å². The van der Waals surface area contributed by atoms with E-state index in [4.69, 9.17) is 9.47 Å². The van der Waals surface area contributed by atoms with Crippen LogP contribution < -0.4 is 10.1 Å². The van der Waals surface area contributed by atoms with E-state index >= 15 is 0 Å². The van der Waals surface area contributed by atoms with Gasteiger partial charge in [-0.1, -0.05) is 30.3 Å². The van der Waals surface area contributed by atoms with Crippen molar-refractivity contribution in [1.82, 2.24) is 0 Å². The smallest absolute Gasteiger partial charge is 0.255 e. The lowest BCUT2D eigenvalue weighted by molar-refractivity contribution is 0.102. The molecule has 1 aliphatic rings. The quantitative estimate of drug-likeness (QED) is 0.849. The Labute approximate surface area is 117 Å². The lowest BCUT2D eigenvalue weighted by Gasteiger charge is -2.11. The maximum atomic E-state index is 12.1. The second kappa shape index (κ2) is 5.75. The zero-order valence-electron chi connectivity index (χ0n) is 10.9. The third-order valence-electron chi connectivity index (χ3n) is 3.00. The fourth-order valence-corrected chi connectivity index (χ4v) is 1.83. The van der Waals surface area contributed by atoms with Gasteiger partial charge in [-0.15, -0.1) is 0 Å². The van der Waals surface area contributed by atoms with Gasteiger partial charge in [0.25, 0.3) is 5.91 Å². The van der Waals surface area contributed by atoms with Gasteiger partial charge in [-0.3, -0.25) is 4.79 Å². The molecule has 4 nitrogen and oxygen atoms in total. The number of ether oxygens (including phenoxy) is 2. The van der Waals surface area contributed by atoms with Crippen LogP contribution in [0.4, 0.5) is 5.69 Å². The van der Waals surface area contributed by atoms with Crippen LogP contribution in [0.1, 0.15) is 10.4 Å². The summed E-state index contributed by atoms with van der Waals surface area (Å²) in [5.74, 6) is 0.511. The van der Waals surface area contributed by atoms with Gasteiger partial charge >= 0.3 is 0 Å². The summed E-state index contributed by atoms with van der Waals surface area (Å²) in [6.07, 6.45) is 0.188. The topological polar surface area (TPSA) is 50.9 Å². The molecule has 0 aliphatic carbocycles. The van der Waals surface area contributed by atoms with E-state index in [1.807, 2.05) is 42.5 Å². The highest BCUT2D eigenvalue weighted by Gasteiger charge is 2.23.